The maximum Gasteiger partial charge on any atom is 0.392 e. The number of alkyl halides is 6. The Kier molecular flexibility index (Phi) is 17.8. The van der Waals surface area contributed by atoms with Crippen LogP contribution in [0.15, 0.2) is 121 Å². The van der Waals surface area contributed by atoms with E-state index in [4.69, 9.17) is 14.2 Å². The lowest BCUT2D eigenvalue weighted by Crippen LogP contribution is -2.26. The van der Waals surface area contributed by atoms with Crippen LogP contribution in [0.5, 0.6) is 11.5 Å². The molecule has 6 aromatic carbocycles. The monoisotopic (exact) mass is 930 g/mol. The van der Waals surface area contributed by atoms with Crippen molar-refractivity contribution in [2.75, 3.05) is 27.4 Å². The molecule has 11 heteroatoms. The molecule has 0 aliphatic carbocycles. The van der Waals surface area contributed by atoms with Crippen LogP contribution < -0.4 is 4.74 Å². The quantitative estimate of drug-likeness (QED) is 0.0635. The second-order valence-electron chi connectivity index (χ2n) is 17.3. The molecule has 67 heavy (non-hydrogen) atoms. The average Bonchev–Trinajstić information content (AvgIpc) is 3.28. The summed E-state index contributed by atoms with van der Waals surface area (Å²) in [6.07, 6.45) is -6.17. The lowest BCUT2D eigenvalue weighted by molar-refractivity contribution is -0.179. The number of hydrogen-bond acceptors (Lipinski definition) is 3. The maximum absolute atomic E-state index is 15.2. The summed E-state index contributed by atoms with van der Waals surface area (Å²) in [7, 11) is 2.72. The molecule has 6 rings (SSSR count). The van der Waals surface area contributed by atoms with Gasteiger partial charge in [0.1, 0.15) is 23.1 Å². The highest BCUT2D eigenvalue weighted by Gasteiger charge is 2.40. The zero-order valence-corrected chi connectivity index (χ0v) is 38.4. The van der Waals surface area contributed by atoms with Crippen LogP contribution in [0.2, 0.25) is 0 Å². The Labute approximate surface area is 389 Å². The first-order valence-corrected chi connectivity index (χ1v) is 22.9. The summed E-state index contributed by atoms with van der Waals surface area (Å²) in [4.78, 5) is 0. The Morgan fingerprint density at radius 3 is 1.13 bits per heavy atom. The van der Waals surface area contributed by atoms with Gasteiger partial charge in [-0.2, -0.15) is 26.3 Å². The van der Waals surface area contributed by atoms with E-state index in [2.05, 4.69) is 0 Å². The van der Waals surface area contributed by atoms with Crippen molar-refractivity contribution in [3.05, 3.63) is 177 Å². The predicted molar refractivity (Wildman–Crippen MR) is 250 cm³/mol. The number of halogens is 8. The van der Waals surface area contributed by atoms with Gasteiger partial charge in [0.2, 0.25) is 0 Å². The van der Waals surface area contributed by atoms with E-state index in [1.807, 2.05) is 50.2 Å². The van der Waals surface area contributed by atoms with Gasteiger partial charge in [0.15, 0.2) is 0 Å². The normalized spacial score (nSPS) is 12.9. The lowest BCUT2D eigenvalue weighted by atomic mass is 9.92. The summed E-state index contributed by atoms with van der Waals surface area (Å²) < 4.78 is 133. The van der Waals surface area contributed by atoms with E-state index in [1.165, 1.54) is 14.2 Å². The number of methoxy groups -OCH3 is 2. The first-order valence-electron chi connectivity index (χ1n) is 22.9. The highest BCUT2D eigenvalue weighted by molar-refractivity contribution is 5.66. The highest BCUT2D eigenvalue weighted by atomic mass is 19.4. The summed E-state index contributed by atoms with van der Waals surface area (Å²) in [5.74, 6) is -3.27. The van der Waals surface area contributed by atoms with Gasteiger partial charge < -0.3 is 14.2 Å². The van der Waals surface area contributed by atoms with Crippen molar-refractivity contribution in [2.24, 2.45) is 11.8 Å². The van der Waals surface area contributed by atoms with E-state index >= 15 is 8.78 Å². The van der Waals surface area contributed by atoms with Gasteiger partial charge in [-0.3, -0.25) is 0 Å². The number of benzene rings is 6. The Bertz CT molecular complexity index is 2340. The summed E-state index contributed by atoms with van der Waals surface area (Å²) in [5, 5.41) is 0. The minimum Gasteiger partial charge on any atom is -0.457 e. The topological polar surface area (TPSA) is 27.7 Å². The SMILES string of the molecule is CCCc1ccc(-c2ccc(Cc3cc(CC(CCOC)C(F)(F)F)ccc3Oc3ccc(CC(CCOC)C(F)(F)F)cc3Cc3ccc(-c4ccc(CCC)cc4F)cc3)cc2)c(F)c1. The Balaban J connectivity index is 1.37. The average molecular weight is 931 g/mol. The van der Waals surface area contributed by atoms with E-state index in [9.17, 15) is 26.3 Å². The van der Waals surface area contributed by atoms with Crippen LogP contribution in [0, 0.1) is 23.5 Å². The van der Waals surface area contributed by atoms with Crippen molar-refractivity contribution in [1.29, 1.82) is 0 Å². The van der Waals surface area contributed by atoms with Crippen molar-refractivity contribution in [3.8, 4) is 33.8 Å². The molecule has 2 unspecified atom stereocenters. The second-order valence-corrected chi connectivity index (χ2v) is 17.3. The van der Waals surface area contributed by atoms with Crippen molar-refractivity contribution in [1.82, 2.24) is 0 Å². The van der Waals surface area contributed by atoms with Gasteiger partial charge in [-0.05, 0) is 118 Å². The number of aryl methyl sites for hydroxylation is 2. The first kappa shape index (κ1) is 50.9. The van der Waals surface area contributed by atoms with Gasteiger partial charge in [-0.25, -0.2) is 8.78 Å². The van der Waals surface area contributed by atoms with Crippen LogP contribution in [-0.2, 0) is 48.0 Å². The molecule has 0 aromatic heterocycles. The zero-order chi connectivity index (χ0) is 48.1. The molecule has 3 nitrogen and oxygen atoms in total. The molecule has 0 aliphatic heterocycles. The van der Waals surface area contributed by atoms with Crippen LogP contribution >= 0.6 is 0 Å². The van der Waals surface area contributed by atoms with Gasteiger partial charge >= 0.3 is 12.4 Å². The molecule has 356 valence electrons. The second kappa shape index (κ2) is 23.5. The fraction of sp³-hybridized carbons (Fsp3) is 0.357. The van der Waals surface area contributed by atoms with Crippen LogP contribution in [0.1, 0.15) is 84.0 Å². The Morgan fingerprint density at radius 1 is 0.448 bits per heavy atom. The summed E-state index contributed by atoms with van der Waals surface area (Å²) in [6.45, 7) is 3.94. The fourth-order valence-corrected chi connectivity index (χ4v) is 8.48. The van der Waals surface area contributed by atoms with E-state index in [0.29, 0.717) is 56.0 Å². The van der Waals surface area contributed by atoms with E-state index in [1.54, 1.807) is 84.9 Å². The molecular weight excluding hydrogens is 873 g/mol. The van der Waals surface area contributed by atoms with Gasteiger partial charge in [0, 0.05) is 51.4 Å². The van der Waals surface area contributed by atoms with E-state index in [0.717, 1.165) is 47.9 Å². The molecule has 0 heterocycles. The van der Waals surface area contributed by atoms with Gasteiger partial charge in [0.25, 0.3) is 0 Å². The smallest absolute Gasteiger partial charge is 0.392 e. The van der Waals surface area contributed by atoms with E-state index in [-0.39, 0.29) is 63.4 Å². The first-order chi connectivity index (χ1) is 32.1. The zero-order valence-electron chi connectivity index (χ0n) is 38.4. The van der Waals surface area contributed by atoms with Crippen LogP contribution in [0.4, 0.5) is 35.1 Å². The molecule has 0 spiro atoms. The van der Waals surface area contributed by atoms with Crippen LogP contribution in [0.25, 0.3) is 22.3 Å². The van der Waals surface area contributed by atoms with Crippen LogP contribution in [-0.4, -0.2) is 39.8 Å². The molecule has 0 saturated carbocycles. The van der Waals surface area contributed by atoms with Crippen molar-refractivity contribution >= 4 is 0 Å². The molecule has 0 amide bonds. The molecule has 0 N–H and O–H groups in total. The molecule has 0 radical (unpaired) electrons. The molecule has 0 saturated heterocycles. The molecule has 6 aromatic rings. The minimum absolute atomic E-state index is 0.0624. The minimum atomic E-state index is -4.47. The summed E-state index contributed by atoms with van der Waals surface area (Å²) in [5.41, 5.74) is 7.68. The standard InChI is InChI=1S/C56H58F8O3/c1-5-7-37-13-21-49(51(57)35-37)43-17-9-39(10-18-43)29-45-31-41(33-47(25-27-65-3)55(59,60)61)15-23-53(45)67-54-24-16-42(34-48(26-28-66-4)56(62,63)64)32-46(54)30-40-11-19-44(20-12-40)50-22-14-38(8-6-2)36-52(50)58/h9-24,31-32,35-36,47-48H,5-8,25-30,33-34H2,1-4H3. The number of hydrogen-bond donors (Lipinski definition) is 0. The Morgan fingerprint density at radius 2 is 0.806 bits per heavy atom. The molecule has 0 aliphatic rings. The van der Waals surface area contributed by atoms with Gasteiger partial charge in [-0.15, -0.1) is 0 Å². The number of ether oxygens (including phenoxy) is 3. The lowest BCUT2D eigenvalue weighted by Gasteiger charge is -2.22. The fourth-order valence-electron chi connectivity index (χ4n) is 8.48. The third-order valence-electron chi connectivity index (χ3n) is 12.2. The van der Waals surface area contributed by atoms with Gasteiger partial charge in [-0.1, -0.05) is 124 Å². The predicted octanol–water partition coefficient (Wildman–Crippen LogP) is 15.7. The third-order valence-corrected chi connectivity index (χ3v) is 12.2. The van der Waals surface area contributed by atoms with Crippen LogP contribution in [0.3, 0.4) is 0 Å². The van der Waals surface area contributed by atoms with Gasteiger partial charge in [0.05, 0.1) is 11.8 Å². The maximum atomic E-state index is 15.2. The van der Waals surface area contributed by atoms with E-state index < -0.39 is 24.2 Å². The third kappa shape index (κ3) is 14.2. The summed E-state index contributed by atoms with van der Waals surface area (Å²) in [6, 6.07) is 34.9. The largest absolute Gasteiger partial charge is 0.457 e. The van der Waals surface area contributed by atoms with Crippen molar-refractivity contribution in [2.45, 2.75) is 90.4 Å². The molecule has 0 bridgehead atoms. The molecule has 0 fully saturated rings. The van der Waals surface area contributed by atoms with Crippen molar-refractivity contribution in [3.63, 3.8) is 0 Å². The summed E-state index contributed by atoms with van der Waals surface area (Å²) >= 11 is 0. The molecular formula is C56H58F8O3. The Hall–Kier alpha value is -5.52. The highest BCUT2D eigenvalue weighted by Crippen LogP contribution is 2.38. The number of rotatable bonds is 22. The molecule has 2 atom stereocenters. The van der Waals surface area contributed by atoms with Crippen molar-refractivity contribution < 1.29 is 49.3 Å².